The number of fused-ring (bicyclic) bond motifs is 1. The van der Waals surface area contributed by atoms with E-state index < -0.39 is 27.3 Å². The summed E-state index contributed by atoms with van der Waals surface area (Å²) in [7, 11) is -4.26. The van der Waals surface area contributed by atoms with Crippen LogP contribution in [-0.4, -0.2) is 28.8 Å². The Morgan fingerprint density at radius 1 is 1.18 bits per heavy atom. The Bertz CT molecular complexity index is 1010. The van der Waals surface area contributed by atoms with Gasteiger partial charge in [-0.3, -0.25) is 4.18 Å². The molecule has 1 unspecified atom stereocenters. The quantitative estimate of drug-likeness (QED) is 0.566. The van der Waals surface area contributed by atoms with E-state index in [0.717, 1.165) is 11.1 Å². The summed E-state index contributed by atoms with van der Waals surface area (Å²) in [5.41, 5.74) is 2.29. The summed E-state index contributed by atoms with van der Waals surface area (Å²) in [6, 6.07) is 11.6. The van der Waals surface area contributed by atoms with Gasteiger partial charge in [-0.25, -0.2) is 4.21 Å². The van der Waals surface area contributed by atoms with Crippen molar-refractivity contribution >= 4 is 21.2 Å². The minimum Gasteiger partial charge on any atom is -0.306 e. The fraction of sp³-hybridized carbons (Fsp3) is 0.400. The third-order valence-electron chi connectivity index (χ3n) is 4.57. The summed E-state index contributed by atoms with van der Waals surface area (Å²) in [6.07, 6.45) is -0.0814. The lowest BCUT2D eigenvalue weighted by atomic mass is 10.0. The van der Waals surface area contributed by atoms with E-state index in [4.69, 9.17) is 4.18 Å². The molecule has 1 aliphatic carbocycles. The number of hydrogen-bond acceptors (Lipinski definition) is 5. The molecule has 0 spiro atoms. The first-order chi connectivity index (χ1) is 13.0. The molecule has 3 rings (SSSR count). The molecule has 28 heavy (non-hydrogen) atoms. The van der Waals surface area contributed by atoms with E-state index in [1.54, 1.807) is 13.0 Å². The van der Waals surface area contributed by atoms with Crippen molar-refractivity contribution in [3.8, 4) is 0 Å². The Hall–Kier alpha value is -1.58. The molecule has 0 radical (unpaired) electrons. The summed E-state index contributed by atoms with van der Waals surface area (Å²) in [4.78, 5) is -0.454. The van der Waals surface area contributed by atoms with Crippen LogP contribution >= 0.6 is 0 Å². The molecule has 0 aliphatic heterocycles. The molecule has 2 aromatic rings. The van der Waals surface area contributed by atoms with Crippen molar-refractivity contribution in [2.45, 2.75) is 61.6 Å². The van der Waals surface area contributed by atoms with Crippen molar-refractivity contribution in [3.63, 3.8) is 0 Å². The van der Waals surface area contributed by atoms with E-state index in [-0.39, 0.29) is 21.4 Å². The largest absolute Gasteiger partial charge is 0.306 e. The van der Waals surface area contributed by atoms with E-state index in [1.165, 1.54) is 12.1 Å². The van der Waals surface area contributed by atoms with Gasteiger partial charge in [0.15, 0.2) is 11.1 Å². The normalized spacial score (nSPS) is 20.8. The van der Waals surface area contributed by atoms with E-state index in [1.807, 2.05) is 45.0 Å². The first-order valence-electron chi connectivity index (χ1n) is 8.98. The minimum atomic E-state index is -4.26. The third-order valence-corrected chi connectivity index (χ3v) is 6.77. The Kier molecular flexibility index (Phi) is 5.80. The SMILES string of the molecule is Cc1ccc(S(=O)(=O)O[C@H]2c3ccccc3C[C@@H]2NC(C)(C)C)c(S(=O)O)c1. The van der Waals surface area contributed by atoms with Gasteiger partial charge < -0.3 is 9.87 Å². The highest BCUT2D eigenvalue weighted by molar-refractivity contribution is 7.88. The number of rotatable bonds is 5. The Morgan fingerprint density at radius 2 is 1.86 bits per heavy atom. The second-order valence-electron chi connectivity index (χ2n) is 8.07. The molecule has 2 N–H and O–H groups in total. The van der Waals surface area contributed by atoms with Crippen LogP contribution in [0.4, 0.5) is 0 Å². The number of benzene rings is 2. The highest BCUT2D eigenvalue weighted by atomic mass is 32.2. The van der Waals surface area contributed by atoms with Crippen molar-refractivity contribution in [1.82, 2.24) is 5.32 Å². The van der Waals surface area contributed by atoms with Gasteiger partial charge >= 0.3 is 0 Å². The van der Waals surface area contributed by atoms with Crippen LogP contribution in [-0.2, 0) is 31.8 Å². The summed E-state index contributed by atoms with van der Waals surface area (Å²) in [5.74, 6) is 0. The van der Waals surface area contributed by atoms with E-state index >= 15 is 0 Å². The molecule has 0 saturated carbocycles. The van der Waals surface area contributed by atoms with Gasteiger partial charge in [0.2, 0.25) is 0 Å². The smallest absolute Gasteiger partial charge is 0.298 e. The number of nitrogens with one attached hydrogen (secondary N) is 1. The third kappa shape index (κ3) is 4.52. The monoisotopic (exact) mass is 423 g/mol. The lowest BCUT2D eigenvalue weighted by molar-refractivity contribution is 0.156. The molecule has 8 heteroatoms. The van der Waals surface area contributed by atoms with Crippen LogP contribution in [0.1, 0.15) is 43.6 Å². The van der Waals surface area contributed by atoms with Crippen LogP contribution in [0, 0.1) is 6.92 Å². The van der Waals surface area contributed by atoms with Crippen LogP contribution in [0.5, 0.6) is 0 Å². The van der Waals surface area contributed by atoms with Crippen molar-refractivity contribution in [2.75, 3.05) is 0 Å². The summed E-state index contributed by atoms with van der Waals surface area (Å²) >= 11 is -2.44. The molecule has 152 valence electrons. The van der Waals surface area contributed by atoms with Crippen LogP contribution < -0.4 is 5.32 Å². The van der Waals surface area contributed by atoms with Crippen molar-refractivity contribution < 1.29 is 21.4 Å². The maximum Gasteiger partial charge on any atom is 0.298 e. The molecule has 0 aromatic heterocycles. The molecule has 6 nitrogen and oxygen atoms in total. The van der Waals surface area contributed by atoms with Crippen molar-refractivity contribution in [1.29, 1.82) is 0 Å². The summed E-state index contributed by atoms with van der Waals surface area (Å²) in [6.45, 7) is 7.75. The zero-order valence-corrected chi connectivity index (χ0v) is 17.9. The van der Waals surface area contributed by atoms with Crippen LogP contribution in [0.3, 0.4) is 0 Å². The van der Waals surface area contributed by atoms with Crippen LogP contribution in [0.15, 0.2) is 52.3 Å². The maximum absolute atomic E-state index is 13.1. The predicted molar refractivity (Wildman–Crippen MR) is 108 cm³/mol. The van der Waals surface area contributed by atoms with Gasteiger partial charge in [0.05, 0.1) is 4.90 Å². The van der Waals surface area contributed by atoms with Gasteiger partial charge in [0, 0.05) is 11.6 Å². The highest BCUT2D eigenvalue weighted by Crippen LogP contribution is 2.38. The van der Waals surface area contributed by atoms with Gasteiger partial charge in [0.1, 0.15) is 11.0 Å². The van der Waals surface area contributed by atoms with E-state index in [9.17, 15) is 17.2 Å². The van der Waals surface area contributed by atoms with Gasteiger partial charge in [0.25, 0.3) is 10.1 Å². The maximum atomic E-state index is 13.1. The van der Waals surface area contributed by atoms with Crippen molar-refractivity contribution in [2.24, 2.45) is 0 Å². The lowest BCUT2D eigenvalue weighted by Crippen LogP contribution is -2.46. The summed E-state index contributed by atoms with van der Waals surface area (Å²) in [5, 5.41) is 3.44. The van der Waals surface area contributed by atoms with Gasteiger partial charge in [-0.1, -0.05) is 30.3 Å². The Balaban J connectivity index is 2.01. The second kappa shape index (κ2) is 7.68. The molecule has 1 aliphatic rings. The molecule has 0 fully saturated rings. The molecule has 0 amide bonds. The second-order valence-corrected chi connectivity index (χ2v) is 10.6. The Labute approximate surface area is 168 Å². The Morgan fingerprint density at radius 3 is 2.50 bits per heavy atom. The van der Waals surface area contributed by atoms with Crippen LogP contribution in [0.2, 0.25) is 0 Å². The lowest BCUT2D eigenvalue weighted by Gasteiger charge is -2.30. The average molecular weight is 424 g/mol. The first-order valence-corrected chi connectivity index (χ1v) is 11.5. The zero-order chi connectivity index (χ0) is 20.7. The zero-order valence-electron chi connectivity index (χ0n) is 16.3. The number of aryl methyl sites for hydroxylation is 1. The molecule has 0 heterocycles. The fourth-order valence-corrected chi connectivity index (χ4v) is 5.71. The predicted octanol–water partition coefficient (Wildman–Crippen LogP) is 3.34. The highest BCUT2D eigenvalue weighted by Gasteiger charge is 2.39. The first kappa shape index (κ1) is 21.1. The molecular weight excluding hydrogens is 398 g/mol. The minimum absolute atomic E-state index is 0.174. The molecule has 0 bridgehead atoms. The van der Waals surface area contributed by atoms with Crippen molar-refractivity contribution in [3.05, 3.63) is 59.2 Å². The van der Waals surface area contributed by atoms with Gasteiger partial charge in [-0.2, -0.15) is 8.42 Å². The molecular formula is C20H25NO5S2. The molecule has 3 atom stereocenters. The molecule has 2 aromatic carbocycles. The fourth-order valence-electron chi connectivity index (χ4n) is 3.51. The van der Waals surface area contributed by atoms with Gasteiger partial charge in [-0.05, 0) is 62.9 Å². The number of hydrogen-bond donors (Lipinski definition) is 2. The average Bonchev–Trinajstić information content (AvgIpc) is 2.89. The van der Waals surface area contributed by atoms with E-state index in [0.29, 0.717) is 12.0 Å². The van der Waals surface area contributed by atoms with E-state index in [2.05, 4.69) is 5.32 Å². The topological polar surface area (TPSA) is 92.7 Å². The standard InChI is InChI=1S/C20H25NO5S2/c1-13-9-10-18(17(11-13)27(22)23)28(24,25)26-19-15-8-6-5-7-14(15)12-16(19)21-20(2,3)4/h5-11,16,19,21H,12H2,1-4H3,(H,22,23)/t16-,19-/m0/s1. The summed E-state index contributed by atoms with van der Waals surface area (Å²) < 4.78 is 53.0. The van der Waals surface area contributed by atoms with Gasteiger partial charge in [-0.15, -0.1) is 0 Å². The molecule has 0 saturated heterocycles. The van der Waals surface area contributed by atoms with Crippen LogP contribution in [0.25, 0.3) is 0 Å².